The van der Waals surface area contributed by atoms with Crippen LogP contribution in [0.2, 0.25) is 0 Å². The van der Waals surface area contributed by atoms with Gasteiger partial charge in [-0.15, -0.1) is 6.42 Å². The number of anilines is 2. The van der Waals surface area contributed by atoms with E-state index in [2.05, 4.69) is 57.8 Å². The second-order valence-corrected chi connectivity index (χ2v) is 12.8. The van der Waals surface area contributed by atoms with E-state index in [0.717, 1.165) is 10.9 Å². The van der Waals surface area contributed by atoms with Crippen LogP contribution in [-0.2, 0) is 0 Å². The topological polar surface area (TPSA) is 148 Å². The normalized spacial score (nSPS) is 10.8. The van der Waals surface area contributed by atoms with Gasteiger partial charge in [0.15, 0.2) is 0 Å². The van der Waals surface area contributed by atoms with Gasteiger partial charge in [0.05, 0.1) is 11.2 Å². The molecule has 256 valence electrons. The Balaban J connectivity index is 0.000000435. The number of carbonyl (C=O) groups is 3. The van der Waals surface area contributed by atoms with Crippen molar-refractivity contribution in [2.45, 2.75) is 46.1 Å². The zero-order chi connectivity index (χ0) is 36.4. The Labute approximate surface area is 292 Å². The first kappa shape index (κ1) is 36.6. The minimum Gasteiger partial charge on any atom is -0.481 e. The van der Waals surface area contributed by atoms with Gasteiger partial charge in [-0.3, -0.25) is 14.4 Å². The number of nitrogens with two attached hydrogens (primary N) is 1. The molecule has 4 aromatic carbocycles. The van der Waals surface area contributed by atoms with Crippen molar-refractivity contribution in [3.63, 3.8) is 0 Å². The number of amides is 3. The van der Waals surface area contributed by atoms with Crippen LogP contribution in [0.3, 0.4) is 0 Å². The van der Waals surface area contributed by atoms with Crippen LogP contribution >= 0.6 is 0 Å². The molecule has 1 heterocycles. The summed E-state index contributed by atoms with van der Waals surface area (Å²) >= 11 is 0. The summed E-state index contributed by atoms with van der Waals surface area (Å²) in [6.07, 6.45) is 5.35. The van der Waals surface area contributed by atoms with Crippen LogP contribution in [0.1, 0.15) is 77.4 Å². The monoisotopic (exact) mass is 670 g/mol. The molecule has 0 aliphatic rings. The van der Waals surface area contributed by atoms with E-state index in [0.29, 0.717) is 45.4 Å². The molecule has 0 aliphatic carbocycles. The van der Waals surface area contributed by atoms with Gasteiger partial charge in [-0.25, -0.2) is 9.97 Å². The lowest BCUT2D eigenvalue weighted by Gasteiger charge is -2.20. The van der Waals surface area contributed by atoms with Crippen molar-refractivity contribution in [1.82, 2.24) is 20.6 Å². The molecule has 0 unspecified atom stereocenters. The molecule has 0 spiro atoms. The highest BCUT2D eigenvalue weighted by Crippen LogP contribution is 2.30. The highest BCUT2D eigenvalue weighted by molar-refractivity contribution is 6.05. The quantitative estimate of drug-likeness (QED) is 0.104. The first-order chi connectivity index (χ1) is 23.8. The van der Waals surface area contributed by atoms with Gasteiger partial charge < -0.3 is 26.4 Å². The van der Waals surface area contributed by atoms with E-state index < -0.39 is 5.91 Å². The molecule has 3 amide bonds. The Hall–Kier alpha value is -6.21. The molecule has 0 bridgehead atoms. The van der Waals surface area contributed by atoms with E-state index >= 15 is 0 Å². The van der Waals surface area contributed by atoms with Gasteiger partial charge >= 0.3 is 0 Å². The van der Waals surface area contributed by atoms with Crippen LogP contribution in [-0.4, -0.2) is 46.9 Å². The summed E-state index contributed by atoms with van der Waals surface area (Å²) in [6, 6.07) is 27.1. The van der Waals surface area contributed by atoms with Gasteiger partial charge in [0, 0.05) is 46.0 Å². The molecule has 0 saturated carbocycles. The average molecular weight is 671 g/mol. The van der Waals surface area contributed by atoms with Crippen LogP contribution in [0.15, 0.2) is 91.0 Å². The van der Waals surface area contributed by atoms with Crippen LogP contribution in [0.5, 0.6) is 5.75 Å². The fraction of sp³-hybridized carbons (Fsp3) is 0.225. The van der Waals surface area contributed by atoms with E-state index in [1.165, 1.54) is 5.56 Å². The molecule has 10 heteroatoms. The zero-order valence-electron chi connectivity index (χ0n) is 29.1. The van der Waals surface area contributed by atoms with E-state index in [9.17, 15) is 14.4 Å². The predicted octanol–water partition coefficient (Wildman–Crippen LogP) is 6.84. The first-order valence-electron chi connectivity index (χ1n) is 16.1. The van der Waals surface area contributed by atoms with Gasteiger partial charge in [0.25, 0.3) is 17.7 Å². The number of carbonyl (C=O) groups excluding carboxylic acids is 3. The van der Waals surface area contributed by atoms with Crippen LogP contribution in [0.4, 0.5) is 11.4 Å². The number of nitrogen functional groups attached to an aromatic ring is 1. The number of aromatic nitrogens is 2. The number of hydrogen-bond donors (Lipinski definition) is 4. The molecular weight excluding hydrogens is 628 g/mol. The summed E-state index contributed by atoms with van der Waals surface area (Å²) in [5, 5.41) is 9.01. The lowest BCUT2D eigenvalue weighted by Crippen LogP contribution is -2.40. The summed E-state index contributed by atoms with van der Waals surface area (Å²) in [7, 11) is 1.59. The predicted molar refractivity (Wildman–Crippen MR) is 199 cm³/mol. The number of fused-ring (bicyclic) bond motifs is 1. The second-order valence-electron chi connectivity index (χ2n) is 12.8. The molecule has 10 nitrogen and oxygen atoms in total. The number of nitrogens with zero attached hydrogens (tertiary/aromatic N) is 2. The SMILES string of the molecule is C#CCOc1ccc2nc(C(=O)Nc3cccc(C(=O)NC(C)(C)C)c3)nc(-c3ccc(C(C)C)cc3)c2c1.CNC(=O)c1cccc(N)c1. The molecule has 0 atom stereocenters. The minimum atomic E-state index is -0.488. The Morgan fingerprint density at radius 1 is 0.860 bits per heavy atom. The largest absolute Gasteiger partial charge is 0.481 e. The maximum absolute atomic E-state index is 13.3. The number of terminal acetylenes is 1. The first-order valence-corrected chi connectivity index (χ1v) is 16.1. The Morgan fingerprint density at radius 3 is 2.16 bits per heavy atom. The van der Waals surface area contributed by atoms with E-state index in [-0.39, 0.29) is 29.8 Å². The van der Waals surface area contributed by atoms with Gasteiger partial charge in [0.1, 0.15) is 12.4 Å². The van der Waals surface area contributed by atoms with E-state index in [4.69, 9.17) is 16.9 Å². The highest BCUT2D eigenvalue weighted by Gasteiger charge is 2.19. The maximum Gasteiger partial charge on any atom is 0.293 e. The second kappa shape index (κ2) is 16.3. The summed E-state index contributed by atoms with van der Waals surface area (Å²) in [5.74, 6) is 2.62. The van der Waals surface area contributed by atoms with Gasteiger partial charge in [0.2, 0.25) is 5.82 Å². The molecular formula is C40H42N6O4. The number of ether oxygens (including phenoxy) is 1. The van der Waals surface area contributed by atoms with Crippen LogP contribution in [0.25, 0.3) is 22.2 Å². The number of benzene rings is 4. The summed E-state index contributed by atoms with van der Waals surface area (Å²) < 4.78 is 5.62. The third kappa shape index (κ3) is 9.90. The van der Waals surface area contributed by atoms with Crippen LogP contribution in [0, 0.1) is 12.3 Å². The van der Waals surface area contributed by atoms with E-state index in [1.54, 1.807) is 67.7 Å². The Bertz CT molecular complexity index is 2040. The lowest BCUT2D eigenvalue weighted by atomic mass is 9.99. The van der Waals surface area contributed by atoms with Gasteiger partial charge in [-0.2, -0.15) is 0 Å². The molecule has 0 radical (unpaired) electrons. The van der Waals surface area contributed by atoms with Crippen molar-refractivity contribution >= 4 is 40.0 Å². The van der Waals surface area contributed by atoms with Crippen molar-refractivity contribution in [3.05, 3.63) is 114 Å². The van der Waals surface area contributed by atoms with Crippen LogP contribution < -0.4 is 26.4 Å². The number of nitrogens with one attached hydrogen (secondary N) is 3. The van der Waals surface area contributed by atoms with Crippen molar-refractivity contribution in [1.29, 1.82) is 0 Å². The fourth-order valence-electron chi connectivity index (χ4n) is 4.83. The maximum atomic E-state index is 13.3. The number of rotatable bonds is 8. The minimum absolute atomic E-state index is 0.00674. The molecule has 5 rings (SSSR count). The number of hydrogen-bond acceptors (Lipinski definition) is 7. The van der Waals surface area contributed by atoms with Crippen molar-refractivity contribution in [3.8, 4) is 29.4 Å². The Kier molecular flexibility index (Phi) is 11.9. The summed E-state index contributed by atoms with van der Waals surface area (Å²) in [4.78, 5) is 46.1. The molecule has 1 aromatic heterocycles. The third-order valence-corrected chi connectivity index (χ3v) is 7.29. The smallest absolute Gasteiger partial charge is 0.293 e. The Morgan fingerprint density at radius 2 is 1.54 bits per heavy atom. The molecule has 0 fully saturated rings. The van der Waals surface area contributed by atoms with Crippen molar-refractivity contribution in [2.75, 3.05) is 24.7 Å². The van der Waals surface area contributed by atoms with Gasteiger partial charge in [-0.1, -0.05) is 56.2 Å². The van der Waals surface area contributed by atoms with Crippen molar-refractivity contribution < 1.29 is 19.1 Å². The zero-order valence-corrected chi connectivity index (χ0v) is 29.1. The summed E-state index contributed by atoms with van der Waals surface area (Å²) in [5.41, 5.74) is 10.4. The third-order valence-electron chi connectivity index (χ3n) is 7.29. The average Bonchev–Trinajstić information content (AvgIpc) is 3.09. The van der Waals surface area contributed by atoms with Gasteiger partial charge in [-0.05, 0) is 86.8 Å². The van der Waals surface area contributed by atoms with E-state index in [1.807, 2.05) is 39.0 Å². The summed E-state index contributed by atoms with van der Waals surface area (Å²) in [6.45, 7) is 10.1. The highest BCUT2D eigenvalue weighted by atomic mass is 16.5. The molecule has 5 N–H and O–H groups in total. The fourth-order valence-corrected chi connectivity index (χ4v) is 4.83. The molecule has 0 aliphatic heterocycles. The standard InChI is InChI=1S/C32H32N4O3.C8H10N2O/c1-7-17-39-25-15-16-27-26(19-25)28(22-13-11-21(12-14-22)20(2)3)35-29(34-27)31(38)33-24-10-8-9-23(18-24)30(37)36-32(4,5)6;1-10-8(11)6-3-2-4-7(9)5-6/h1,8-16,18-20H,17H2,2-6H3,(H,33,38)(H,36,37);2-5H,9H2,1H3,(H,10,11). The molecule has 0 saturated heterocycles. The molecule has 5 aromatic rings. The van der Waals surface area contributed by atoms with Crippen molar-refractivity contribution in [2.24, 2.45) is 0 Å². The molecule has 50 heavy (non-hydrogen) atoms. The lowest BCUT2D eigenvalue weighted by molar-refractivity contribution is 0.0917.